The predicted molar refractivity (Wildman–Crippen MR) is 443 cm³/mol. The van der Waals surface area contributed by atoms with Crippen LogP contribution < -0.4 is 52.1 Å². The van der Waals surface area contributed by atoms with Crippen LogP contribution in [0.1, 0.15) is 46.4 Å². The summed E-state index contributed by atoms with van der Waals surface area (Å²) < 4.78 is 214. The molecule has 0 bridgehead atoms. The van der Waals surface area contributed by atoms with Gasteiger partial charge in [-0.05, 0) is 151 Å². The second kappa shape index (κ2) is 38.9. The molecule has 125 heavy (non-hydrogen) atoms. The Kier molecular flexibility index (Phi) is 28.2. The third kappa shape index (κ3) is 21.6. The number of halogens is 13. The predicted octanol–water partition coefficient (Wildman–Crippen LogP) is 20.8. The molecule has 0 saturated carbocycles. The molecule has 22 nitrogen and oxygen atoms in total. The number of methoxy groups -OCH3 is 7. The first-order valence-electron chi connectivity index (χ1n) is 37.7. The molecule has 8 heterocycles. The molecule has 7 aromatic carbocycles. The van der Waals surface area contributed by atoms with Gasteiger partial charge in [0.2, 0.25) is 23.5 Å². The number of fused-ring (bicyclic) bond motifs is 4. The number of hydrogen-bond donors (Lipinski definition) is 3. The van der Waals surface area contributed by atoms with E-state index in [1.807, 2.05) is 92.9 Å². The van der Waals surface area contributed by atoms with Gasteiger partial charge in [-0.2, -0.15) is 0 Å². The number of aliphatic hydroxyl groups excluding tert-OH is 3. The summed E-state index contributed by atoms with van der Waals surface area (Å²) in [5.74, 6) is 2.18. The molecule has 0 aliphatic rings. The lowest BCUT2D eigenvalue weighted by atomic mass is 10.0. The van der Waals surface area contributed by atoms with Crippen molar-refractivity contribution < 1.29 is 120 Å². The lowest BCUT2D eigenvalue weighted by molar-refractivity contribution is -0.275. The van der Waals surface area contributed by atoms with E-state index in [4.69, 9.17) is 44.8 Å². The summed E-state index contributed by atoms with van der Waals surface area (Å²) >= 11 is 6.33. The first-order chi connectivity index (χ1) is 59.7. The SMILES string of the molecule is CCc1c(-c2ccc(OC)nc2)c2cc(OC(F)(F)F)ccc2n1C.COc1cc(Cn2c(CO)c(-c3ccc(OC)nc3)c3cc(OC(F)(F)F)ccc32)cc(OC)c1.COc1ccc(-c2c(CO)n(Cc3ccccc3Cl)c3ccc(OC(F)(F)F)cc23)cn1.COc1cccc(Cn2c(CO)c(-c3ccc(OC)nc3)c3cc(OC(F)(F)F)ccc32)c1. The second-order valence-electron chi connectivity index (χ2n) is 27.4. The van der Waals surface area contributed by atoms with E-state index in [2.05, 4.69) is 38.9 Å². The normalized spacial score (nSPS) is 11.6. The molecule has 0 atom stereocenters. The van der Waals surface area contributed by atoms with E-state index in [0.717, 1.165) is 45.4 Å². The van der Waals surface area contributed by atoms with Crippen molar-refractivity contribution in [1.29, 1.82) is 0 Å². The van der Waals surface area contributed by atoms with Crippen molar-refractivity contribution in [3.63, 3.8) is 0 Å². The average molecular weight is 1760 g/mol. The Bertz CT molecular complexity index is 6240. The third-order valence-corrected chi connectivity index (χ3v) is 20.3. The van der Waals surface area contributed by atoms with Crippen molar-refractivity contribution in [3.8, 4) is 108 Å². The number of hydrogen-bond acceptors (Lipinski definition) is 18. The van der Waals surface area contributed by atoms with E-state index < -0.39 is 25.4 Å². The first-order valence-corrected chi connectivity index (χ1v) is 38.1. The Hall–Kier alpha value is -13.6. The van der Waals surface area contributed by atoms with Crippen molar-refractivity contribution in [2.45, 2.75) is 78.2 Å². The fraction of sp³-hybridized carbons (Fsp3) is 0.222. The zero-order valence-electron chi connectivity index (χ0n) is 68.0. The van der Waals surface area contributed by atoms with Crippen LogP contribution in [0.4, 0.5) is 52.7 Å². The zero-order chi connectivity index (χ0) is 89.8. The van der Waals surface area contributed by atoms with Crippen LogP contribution in [-0.4, -0.2) is 129 Å². The van der Waals surface area contributed by atoms with Gasteiger partial charge in [0.15, 0.2) is 0 Å². The molecule has 0 aliphatic carbocycles. The highest BCUT2D eigenvalue weighted by molar-refractivity contribution is 6.31. The first kappa shape index (κ1) is 90.7. The summed E-state index contributed by atoms with van der Waals surface area (Å²) in [6, 6.07) is 50.5. The number of ether oxygens (including phenoxy) is 11. The Morgan fingerprint density at radius 2 is 0.640 bits per heavy atom. The molecular weight excluding hydrogens is 1680 g/mol. The summed E-state index contributed by atoms with van der Waals surface area (Å²) in [6.45, 7) is 1.92. The summed E-state index contributed by atoms with van der Waals surface area (Å²) in [7, 11) is 12.5. The van der Waals surface area contributed by atoms with Crippen molar-refractivity contribution >= 4 is 55.2 Å². The second-order valence-corrected chi connectivity index (χ2v) is 27.8. The largest absolute Gasteiger partial charge is 0.573 e. The highest BCUT2D eigenvalue weighted by Gasteiger charge is 2.36. The van der Waals surface area contributed by atoms with Crippen LogP contribution in [0.5, 0.6) is 63.8 Å². The molecule has 3 N–H and O–H groups in total. The van der Waals surface area contributed by atoms with Crippen molar-refractivity contribution in [2.75, 3.05) is 49.8 Å². The minimum absolute atomic E-state index is 0.240. The number of aliphatic hydroxyl groups is 3. The van der Waals surface area contributed by atoms with Gasteiger partial charge in [0.1, 0.15) is 40.2 Å². The number of nitrogens with zero attached hydrogens (tertiary/aromatic N) is 8. The maximum absolute atomic E-state index is 12.9. The van der Waals surface area contributed by atoms with E-state index in [1.54, 1.807) is 113 Å². The van der Waals surface area contributed by atoms with Gasteiger partial charge in [-0.1, -0.05) is 48.9 Å². The summed E-state index contributed by atoms with van der Waals surface area (Å²) in [5, 5.41) is 33.6. The highest BCUT2D eigenvalue weighted by Crippen LogP contribution is 2.45. The third-order valence-electron chi connectivity index (χ3n) is 19.9. The molecule has 0 amide bonds. The smallest absolute Gasteiger partial charge is 0.497 e. The van der Waals surface area contributed by atoms with E-state index in [9.17, 15) is 68.0 Å². The van der Waals surface area contributed by atoms with Gasteiger partial charge in [-0.25, -0.2) is 19.9 Å². The minimum atomic E-state index is -4.84. The fourth-order valence-electron chi connectivity index (χ4n) is 14.6. The molecular formula is C90H79ClF12N8O14. The number of alkyl halides is 12. The minimum Gasteiger partial charge on any atom is -0.497 e. The van der Waals surface area contributed by atoms with Crippen LogP contribution in [0.25, 0.3) is 88.1 Å². The Labute approximate surface area is 711 Å². The van der Waals surface area contributed by atoms with Gasteiger partial charge >= 0.3 is 25.4 Å². The topological polar surface area (TPSA) is 233 Å². The van der Waals surface area contributed by atoms with Gasteiger partial charge in [-0.15, -0.1) is 52.7 Å². The van der Waals surface area contributed by atoms with Crippen LogP contribution in [0.15, 0.2) is 213 Å². The summed E-state index contributed by atoms with van der Waals surface area (Å²) in [5.41, 5.74) is 12.9. The molecule has 0 spiro atoms. The van der Waals surface area contributed by atoms with Gasteiger partial charge < -0.3 is 85.7 Å². The maximum Gasteiger partial charge on any atom is 0.573 e. The monoisotopic (exact) mass is 1760 g/mol. The van der Waals surface area contributed by atoms with Gasteiger partial charge in [-0.3, -0.25) is 0 Å². The average Bonchev–Trinajstić information content (AvgIpc) is 1.62. The van der Waals surface area contributed by atoms with Crippen LogP contribution >= 0.6 is 11.6 Å². The Morgan fingerprint density at radius 1 is 0.320 bits per heavy atom. The highest BCUT2D eigenvalue weighted by atomic mass is 35.5. The van der Waals surface area contributed by atoms with Crippen LogP contribution in [0.2, 0.25) is 5.02 Å². The molecule has 654 valence electrons. The zero-order valence-corrected chi connectivity index (χ0v) is 68.7. The number of benzene rings is 7. The van der Waals surface area contributed by atoms with Crippen LogP contribution in [0, 0.1) is 0 Å². The quantitative estimate of drug-likeness (QED) is 0.0451. The van der Waals surface area contributed by atoms with Crippen LogP contribution in [0.3, 0.4) is 0 Å². The van der Waals surface area contributed by atoms with E-state index in [1.165, 1.54) is 89.1 Å². The number of pyridine rings is 4. The molecule has 15 aromatic rings. The summed E-state index contributed by atoms with van der Waals surface area (Å²) in [4.78, 5) is 16.8. The lowest BCUT2D eigenvalue weighted by Gasteiger charge is -2.13. The molecule has 0 fully saturated rings. The summed E-state index contributed by atoms with van der Waals surface area (Å²) in [6.07, 6.45) is -12.2. The molecule has 8 aromatic heterocycles. The molecule has 0 unspecified atom stereocenters. The van der Waals surface area contributed by atoms with Gasteiger partial charge in [0.05, 0.1) is 86.7 Å². The maximum atomic E-state index is 12.9. The standard InChI is InChI=1S/C25H23F3N2O5.C24H21F3N2O4.C23H18ClF3N2O3.C18H17F3N2O2/c1-32-18-8-15(9-19(10-18)33-2)13-30-21-6-5-17(35-25(26,27)28)11-20(21)24(22(30)14-31)16-4-7-23(34-3)29-12-16;1-31-17-5-3-4-15(10-17)13-29-20-8-7-18(33-24(25,26)27)11-19(20)23(21(29)14-30)16-6-9-22(32-2)28-12-16;1-31-21-9-6-14(11-28-21)22-17-10-16(32-23(25,26)27)7-8-19(17)29(20(22)13-30)12-15-4-2-3-5-18(15)24;1-4-14-17(11-5-8-16(24-3)22-10-11)13-9-12(25-18(19,20)21)6-7-15(13)23(14)2/h4-12,31H,13-14H2,1-3H3;3-12,30H,13-14H2,1-2H3;2-11,30H,12-13H2,1H3;5-10H,4H2,1-3H3. The van der Waals surface area contributed by atoms with E-state index >= 15 is 0 Å². The molecule has 15 rings (SSSR count). The molecule has 0 aliphatic heterocycles. The fourth-order valence-corrected chi connectivity index (χ4v) is 14.8. The molecule has 0 saturated heterocycles. The number of aromatic nitrogens is 8. The van der Waals surface area contributed by atoms with Crippen molar-refractivity contribution in [3.05, 3.63) is 257 Å². The number of rotatable bonds is 25. The Balaban J connectivity index is 0.000000153. The van der Waals surface area contributed by atoms with Gasteiger partial charge in [0.25, 0.3) is 0 Å². The Morgan fingerprint density at radius 3 is 0.952 bits per heavy atom. The molecule has 35 heteroatoms. The van der Waals surface area contributed by atoms with E-state index in [-0.39, 0.29) is 42.8 Å². The number of aryl methyl sites for hydroxylation is 1. The van der Waals surface area contributed by atoms with Gasteiger partial charge in [0, 0.05) is 181 Å². The van der Waals surface area contributed by atoms with Crippen molar-refractivity contribution in [2.24, 2.45) is 7.05 Å². The van der Waals surface area contributed by atoms with E-state index in [0.29, 0.717) is 154 Å². The van der Waals surface area contributed by atoms with Crippen LogP contribution in [-0.2, 0) is 52.9 Å². The van der Waals surface area contributed by atoms with Crippen molar-refractivity contribution in [1.82, 2.24) is 38.2 Å². The lowest BCUT2D eigenvalue weighted by Crippen LogP contribution is -2.17. The molecule has 0 radical (unpaired) electrons.